The second-order valence-corrected chi connectivity index (χ2v) is 9.98. The lowest BCUT2D eigenvalue weighted by molar-refractivity contribution is 0.0702. The minimum atomic E-state index is -3.96. The van der Waals surface area contributed by atoms with Crippen LogP contribution in [0.3, 0.4) is 0 Å². The van der Waals surface area contributed by atoms with Crippen LogP contribution in [0.2, 0.25) is 0 Å². The van der Waals surface area contributed by atoms with Crippen molar-refractivity contribution in [2.45, 2.75) is 31.1 Å². The number of pyridine rings is 1. The number of hydrogen-bond donors (Lipinski definition) is 2. The van der Waals surface area contributed by atoms with Crippen molar-refractivity contribution >= 4 is 33.0 Å². The molecule has 7 nitrogen and oxygen atoms in total. The number of hydrogen-bond acceptors (Lipinski definition) is 6. The van der Waals surface area contributed by atoms with Gasteiger partial charge in [0.2, 0.25) is 0 Å². The summed E-state index contributed by atoms with van der Waals surface area (Å²) in [6.07, 6.45) is 3.22. The van der Waals surface area contributed by atoms with Gasteiger partial charge in [-0.1, -0.05) is 20.8 Å². The second-order valence-electron chi connectivity index (χ2n) is 7.27. The Kier molecular flexibility index (Phi) is 5.63. The number of ether oxygens (including phenoxy) is 1. The van der Waals surface area contributed by atoms with Gasteiger partial charge in [0.1, 0.15) is 21.3 Å². The van der Waals surface area contributed by atoms with E-state index in [-0.39, 0.29) is 9.77 Å². The van der Waals surface area contributed by atoms with Crippen LogP contribution in [0, 0.1) is 0 Å². The van der Waals surface area contributed by atoms with E-state index >= 15 is 0 Å². The summed E-state index contributed by atoms with van der Waals surface area (Å²) in [7, 11) is -3.96. The lowest BCUT2D eigenvalue weighted by atomic mass is 9.95. The minimum Gasteiger partial charge on any atom is -0.477 e. The fraction of sp³-hybridized carbons (Fsp3) is 0.200. The van der Waals surface area contributed by atoms with E-state index in [0.29, 0.717) is 22.1 Å². The van der Waals surface area contributed by atoms with Crippen molar-refractivity contribution in [3.05, 3.63) is 64.6 Å². The average Bonchev–Trinajstić information content (AvgIpc) is 3.11. The summed E-state index contributed by atoms with van der Waals surface area (Å²) in [5.41, 5.74) is -0.181. The monoisotopic (exact) mass is 432 g/mol. The Balaban J connectivity index is 1.85. The number of aromatic carboxylic acids is 1. The third kappa shape index (κ3) is 4.93. The van der Waals surface area contributed by atoms with Crippen molar-refractivity contribution in [1.29, 1.82) is 0 Å². The highest BCUT2D eigenvalue weighted by molar-refractivity contribution is 7.93. The fourth-order valence-corrected chi connectivity index (χ4v) is 5.40. The molecule has 29 heavy (non-hydrogen) atoms. The molecule has 0 atom stereocenters. The molecule has 0 saturated heterocycles. The molecule has 9 heteroatoms. The molecule has 0 fully saturated rings. The quantitative estimate of drug-likeness (QED) is 0.583. The number of thiophene rings is 1. The van der Waals surface area contributed by atoms with E-state index in [1.807, 2.05) is 20.8 Å². The van der Waals surface area contributed by atoms with Gasteiger partial charge in [-0.2, -0.15) is 0 Å². The van der Waals surface area contributed by atoms with E-state index in [2.05, 4.69) is 9.71 Å². The van der Waals surface area contributed by atoms with Crippen molar-refractivity contribution < 1.29 is 23.1 Å². The Morgan fingerprint density at radius 3 is 2.21 bits per heavy atom. The normalized spacial score (nSPS) is 11.8. The third-order valence-electron chi connectivity index (χ3n) is 3.87. The first kappa shape index (κ1) is 20.8. The molecule has 1 aromatic carbocycles. The van der Waals surface area contributed by atoms with Gasteiger partial charge in [0.05, 0.1) is 0 Å². The van der Waals surface area contributed by atoms with Gasteiger partial charge in [-0.15, -0.1) is 11.3 Å². The van der Waals surface area contributed by atoms with E-state index in [1.54, 1.807) is 48.8 Å². The predicted octanol–water partition coefficient (Wildman–Crippen LogP) is 4.73. The van der Waals surface area contributed by atoms with E-state index < -0.39 is 21.4 Å². The molecule has 2 N–H and O–H groups in total. The summed E-state index contributed by atoms with van der Waals surface area (Å²) in [5.74, 6) is 0.000381. The summed E-state index contributed by atoms with van der Waals surface area (Å²) in [4.78, 5) is 15.7. The molecule has 0 saturated carbocycles. The van der Waals surface area contributed by atoms with Crippen LogP contribution in [0.1, 0.15) is 35.3 Å². The lowest BCUT2D eigenvalue weighted by Gasteiger charge is -2.19. The van der Waals surface area contributed by atoms with Gasteiger partial charge in [0.25, 0.3) is 10.0 Å². The van der Waals surface area contributed by atoms with Crippen molar-refractivity contribution in [3.63, 3.8) is 0 Å². The molecular formula is C20H20N2O5S2. The lowest BCUT2D eigenvalue weighted by Crippen LogP contribution is -2.18. The molecule has 3 rings (SSSR count). The molecule has 2 heterocycles. The summed E-state index contributed by atoms with van der Waals surface area (Å²) >= 11 is 0.972. The number of carboxylic acids is 1. The maximum atomic E-state index is 12.9. The minimum absolute atomic E-state index is 0.0172. The van der Waals surface area contributed by atoms with Crippen LogP contribution in [0.5, 0.6) is 11.5 Å². The first-order valence-corrected chi connectivity index (χ1v) is 10.9. The van der Waals surface area contributed by atoms with Crippen molar-refractivity contribution in [3.8, 4) is 11.5 Å². The van der Waals surface area contributed by atoms with Crippen LogP contribution >= 0.6 is 11.3 Å². The predicted molar refractivity (Wildman–Crippen MR) is 112 cm³/mol. The zero-order valence-corrected chi connectivity index (χ0v) is 17.7. The van der Waals surface area contributed by atoms with Gasteiger partial charge >= 0.3 is 5.97 Å². The Labute approximate surface area is 173 Å². The van der Waals surface area contributed by atoms with Gasteiger partial charge in [-0.05, 0) is 47.9 Å². The van der Waals surface area contributed by atoms with E-state index in [1.165, 1.54) is 6.07 Å². The summed E-state index contributed by atoms with van der Waals surface area (Å²) in [6, 6.07) is 11.1. The number of benzene rings is 1. The van der Waals surface area contributed by atoms with E-state index in [9.17, 15) is 18.3 Å². The number of rotatable bonds is 6. The maximum absolute atomic E-state index is 12.9. The molecule has 3 aromatic rings. The van der Waals surface area contributed by atoms with Gasteiger partial charge in [0.15, 0.2) is 0 Å². The van der Waals surface area contributed by atoms with Crippen molar-refractivity contribution in [2.24, 2.45) is 0 Å². The van der Waals surface area contributed by atoms with Crippen LogP contribution in [0.4, 0.5) is 5.69 Å². The summed E-state index contributed by atoms with van der Waals surface area (Å²) in [5, 5.41) is 9.27. The van der Waals surface area contributed by atoms with Crippen LogP contribution in [-0.2, 0) is 15.4 Å². The SMILES string of the molecule is CC(C)(C)c1sc(C(=O)O)cc1S(=O)(=O)Nc1ccc(Oc2ccncc2)cc1. The number of nitrogens with one attached hydrogen (secondary N) is 1. The van der Waals surface area contributed by atoms with Gasteiger partial charge in [-0.25, -0.2) is 13.2 Å². The Hall–Kier alpha value is -2.91. The standard InChI is InChI=1S/C20H20N2O5S2/c1-20(2,3)18-17(12-16(28-18)19(23)24)29(25,26)22-13-4-6-14(7-5-13)27-15-8-10-21-11-9-15/h4-12,22H,1-3H3,(H,23,24). The molecule has 0 bridgehead atoms. The summed E-state index contributed by atoms with van der Waals surface area (Å²) < 4.78 is 34.1. The topological polar surface area (TPSA) is 106 Å². The van der Waals surface area contributed by atoms with Gasteiger partial charge in [0, 0.05) is 23.0 Å². The number of anilines is 1. The number of sulfonamides is 1. The highest BCUT2D eigenvalue weighted by atomic mass is 32.2. The Bertz CT molecular complexity index is 1120. The number of nitrogens with zero attached hydrogens (tertiary/aromatic N) is 1. The van der Waals surface area contributed by atoms with Crippen LogP contribution in [-0.4, -0.2) is 24.5 Å². The Morgan fingerprint density at radius 2 is 1.66 bits per heavy atom. The average molecular weight is 433 g/mol. The Morgan fingerprint density at radius 1 is 1.07 bits per heavy atom. The largest absolute Gasteiger partial charge is 0.477 e. The molecule has 0 radical (unpaired) electrons. The van der Waals surface area contributed by atoms with Crippen molar-refractivity contribution in [2.75, 3.05) is 4.72 Å². The molecule has 2 aromatic heterocycles. The number of carbonyl (C=O) groups is 1. The molecule has 0 spiro atoms. The molecule has 0 aliphatic rings. The van der Waals surface area contributed by atoms with E-state index in [4.69, 9.17) is 4.74 Å². The zero-order chi connectivity index (χ0) is 21.2. The first-order chi connectivity index (χ1) is 13.6. The van der Waals surface area contributed by atoms with E-state index in [0.717, 1.165) is 11.3 Å². The van der Waals surface area contributed by atoms with Crippen LogP contribution < -0.4 is 9.46 Å². The molecule has 0 unspecified atom stereocenters. The first-order valence-electron chi connectivity index (χ1n) is 8.64. The fourth-order valence-electron chi connectivity index (χ4n) is 2.55. The third-order valence-corrected chi connectivity index (χ3v) is 6.95. The van der Waals surface area contributed by atoms with Crippen LogP contribution in [0.25, 0.3) is 0 Å². The molecule has 0 aliphatic carbocycles. The molecule has 152 valence electrons. The summed E-state index contributed by atoms with van der Waals surface area (Å²) in [6.45, 7) is 5.53. The zero-order valence-electron chi connectivity index (χ0n) is 16.0. The molecular weight excluding hydrogens is 412 g/mol. The smallest absolute Gasteiger partial charge is 0.345 e. The second kappa shape index (κ2) is 7.84. The van der Waals surface area contributed by atoms with Gasteiger partial charge < -0.3 is 9.84 Å². The maximum Gasteiger partial charge on any atom is 0.345 e. The van der Waals surface area contributed by atoms with Crippen molar-refractivity contribution in [1.82, 2.24) is 4.98 Å². The number of carboxylic acid groups (broad SMARTS) is 1. The highest BCUT2D eigenvalue weighted by Crippen LogP contribution is 2.37. The molecule has 0 amide bonds. The van der Waals surface area contributed by atoms with Crippen LogP contribution in [0.15, 0.2) is 59.8 Å². The molecule has 0 aliphatic heterocycles. The number of aromatic nitrogens is 1. The highest BCUT2D eigenvalue weighted by Gasteiger charge is 2.30. The van der Waals surface area contributed by atoms with Gasteiger partial charge in [-0.3, -0.25) is 9.71 Å².